The van der Waals surface area contributed by atoms with Crippen LogP contribution in [0.2, 0.25) is 0 Å². The van der Waals surface area contributed by atoms with Crippen molar-refractivity contribution in [3.8, 4) is 0 Å². The molecule has 0 radical (unpaired) electrons. The number of hydrogen-bond donors (Lipinski definition) is 3. The zero-order chi connectivity index (χ0) is 18.2. The third-order valence-corrected chi connectivity index (χ3v) is 6.25. The van der Waals surface area contributed by atoms with Crippen LogP contribution in [-0.4, -0.2) is 36.6 Å². The smallest absolute Gasteiger partial charge is 0.0477 e. The molecule has 3 N–H and O–H groups in total. The van der Waals surface area contributed by atoms with E-state index >= 15 is 0 Å². The van der Waals surface area contributed by atoms with Gasteiger partial charge in [-0.1, -0.05) is 12.1 Å². The molecule has 4 heteroatoms. The van der Waals surface area contributed by atoms with E-state index in [2.05, 4.69) is 70.2 Å². The molecular formula is C23H28N4. The fourth-order valence-electron chi connectivity index (χ4n) is 4.61. The third kappa shape index (κ3) is 3.35. The van der Waals surface area contributed by atoms with E-state index in [0.29, 0.717) is 5.92 Å². The first-order chi connectivity index (χ1) is 13.3. The molecule has 0 spiro atoms. The first-order valence-corrected chi connectivity index (χ1v) is 10.2. The molecular weight excluding hydrogens is 332 g/mol. The predicted octanol–water partition coefficient (Wildman–Crippen LogP) is 4.37. The van der Waals surface area contributed by atoms with Crippen LogP contribution in [0.25, 0.3) is 10.9 Å². The van der Waals surface area contributed by atoms with Gasteiger partial charge in [-0.25, -0.2) is 0 Å². The lowest BCUT2D eigenvalue weighted by molar-refractivity contribution is 0.256. The predicted molar refractivity (Wildman–Crippen MR) is 113 cm³/mol. The van der Waals surface area contributed by atoms with Gasteiger partial charge in [0.15, 0.2) is 0 Å². The average molecular weight is 361 g/mol. The van der Waals surface area contributed by atoms with Crippen molar-refractivity contribution in [3.05, 3.63) is 59.3 Å². The largest absolute Gasteiger partial charge is 0.361 e. The van der Waals surface area contributed by atoms with Crippen LogP contribution < -0.4 is 10.6 Å². The van der Waals surface area contributed by atoms with Crippen LogP contribution in [-0.2, 0) is 13.0 Å². The van der Waals surface area contributed by atoms with Gasteiger partial charge in [0, 0.05) is 35.0 Å². The van der Waals surface area contributed by atoms with Gasteiger partial charge in [-0.05, 0) is 92.8 Å². The summed E-state index contributed by atoms with van der Waals surface area (Å²) in [5.41, 5.74) is 7.92. The summed E-state index contributed by atoms with van der Waals surface area (Å²) in [6, 6.07) is 13.5. The van der Waals surface area contributed by atoms with Crippen LogP contribution in [0, 0.1) is 0 Å². The molecule has 0 atom stereocenters. The topological polar surface area (TPSA) is 43.1 Å². The van der Waals surface area contributed by atoms with Crippen LogP contribution in [0.1, 0.15) is 35.4 Å². The Morgan fingerprint density at radius 2 is 1.81 bits per heavy atom. The summed E-state index contributed by atoms with van der Waals surface area (Å²) in [5.74, 6) is 0.682. The molecule has 0 unspecified atom stereocenters. The van der Waals surface area contributed by atoms with Crippen LogP contribution in [0.5, 0.6) is 0 Å². The SMILES string of the molecule is CN1CCC(c2c[nH]c3cc(Nc4ccc5c(c4)CNCC5)ccc23)CC1. The van der Waals surface area contributed by atoms with Crippen LogP contribution in [0.15, 0.2) is 42.6 Å². The van der Waals surface area contributed by atoms with Crippen molar-refractivity contribution in [1.82, 2.24) is 15.2 Å². The van der Waals surface area contributed by atoms with Crippen molar-refractivity contribution < 1.29 is 0 Å². The number of aromatic amines is 1. The number of likely N-dealkylation sites (tertiary alicyclic amines) is 1. The van der Waals surface area contributed by atoms with Gasteiger partial charge in [0.2, 0.25) is 0 Å². The highest BCUT2D eigenvalue weighted by Crippen LogP contribution is 2.34. The molecule has 0 saturated carbocycles. The molecule has 4 nitrogen and oxygen atoms in total. The van der Waals surface area contributed by atoms with Crippen LogP contribution >= 0.6 is 0 Å². The Morgan fingerprint density at radius 1 is 1.00 bits per heavy atom. The molecule has 2 aromatic carbocycles. The maximum absolute atomic E-state index is 3.59. The van der Waals surface area contributed by atoms with E-state index in [4.69, 9.17) is 0 Å². The highest BCUT2D eigenvalue weighted by molar-refractivity contribution is 5.87. The molecule has 0 bridgehead atoms. The molecule has 3 aromatic rings. The maximum Gasteiger partial charge on any atom is 0.0477 e. The number of nitrogens with zero attached hydrogens (tertiary/aromatic N) is 1. The number of hydrogen-bond acceptors (Lipinski definition) is 3. The van der Waals surface area contributed by atoms with Crippen molar-refractivity contribution in [2.24, 2.45) is 0 Å². The van der Waals surface area contributed by atoms with Gasteiger partial charge in [-0.2, -0.15) is 0 Å². The minimum atomic E-state index is 0.682. The van der Waals surface area contributed by atoms with Gasteiger partial charge in [0.25, 0.3) is 0 Å². The van der Waals surface area contributed by atoms with Gasteiger partial charge in [-0.15, -0.1) is 0 Å². The second kappa shape index (κ2) is 7.02. The lowest BCUT2D eigenvalue weighted by Crippen LogP contribution is -2.29. The van der Waals surface area contributed by atoms with Crippen molar-refractivity contribution in [2.45, 2.75) is 31.7 Å². The maximum atomic E-state index is 3.59. The molecule has 2 aliphatic rings. The second-order valence-corrected chi connectivity index (χ2v) is 8.12. The fourth-order valence-corrected chi connectivity index (χ4v) is 4.61. The fraction of sp³-hybridized carbons (Fsp3) is 0.391. The Balaban J connectivity index is 1.37. The Hall–Kier alpha value is -2.30. The van der Waals surface area contributed by atoms with Crippen molar-refractivity contribution in [3.63, 3.8) is 0 Å². The van der Waals surface area contributed by atoms with Gasteiger partial charge in [0.05, 0.1) is 0 Å². The monoisotopic (exact) mass is 360 g/mol. The minimum Gasteiger partial charge on any atom is -0.361 e. The molecule has 0 aliphatic carbocycles. The molecule has 27 heavy (non-hydrogen) atoms. The molecule has 0 amide bonds. The molecule has 5 rings (SSSR count). The molecule has 1 aromatic heterocycles. The lowest BCUT2D eigenvalue weighted by atomic mass is 9.89. The number of benzene rings is 2. The van der Waals surface area contributed by atoms with Gasteiger partial charge in [-0.3, -0.25) is 0 Å². The minimum absolute atomic E-state index is 0.682. The van der Waals surface area contributed by atoms with Crippen LogP contribution in [0.3, 0.4) is 0 Å². The van der Waals surface area contributed by atoms with E-state index in [0.717, 1.165) is 25.2 Å². The Labute approximate surface area is 161 Å². The normalized spacial score (nSPS) is 18.6. The summed E-state index contributed by atoms with van der Waals surface area (Å²) in [5, 5.41) is 8.42. The summed E-state index contributed by atoms with van der Waals surface area (Å²) >= 11 is 0. The van der Waals surface area contributed by atoms with Gasteiger partial charge < -0.3 is 20.5 Å². The third-order valence-electron chi connectivity index (χ3n) is 6.25. The summed E-state index contributed by atoms with van der Waals surface area (Å²) in [6.07, 6.45) is 5.87. The number of anilines is 2. The van der Waals surface area contributed by atoms with Gasteiger partial charge in [0.1, 0.15) is 0 Å². The summed E-state index contributed by atoms with van der Waals surface area (Å²) in [7, 11) is 2.22. The summed E-state index contributed by atoms with van der Waals surface area (Å²) in [6.45, 7) is 4.46. The number of piperidine rings is 1. The molecule has 140 valence electrons. The van der Waals surface area contributed by atoms with Crippen molar-refractivity contribution in [1.29, 1.82) is 0 Å². The molecule has 2 aliphatic heterocycles. The number of aromatic nitrogens is 1. The van der Waals surface area contributed by atoms with Gasteiger partial charge >= 0.3 is 0 Å². The molecule has 1 fully saturated rings. The first-order valence-electron chi connectivity index (χ1n) is 10.2. The standard InChI is InChI=1S/C23H28N4/c1-27-10-7-17(8-11-27)22-15-25-23-13-20(4-5-21(22)23)26-19-3-2-16-6-9-24-14-18(16)12-19/h2-5,12-13,15,17,24-26H,6-11,14H2,1H3. The highest BCUT2D eigenvalue weighted by Gasteiger charge is 2.21. The summed E-state index contributed by atoms with van der Waals surface area (Å²) in [4.78, 5) is 5.94. The average Bonchev–Trinajstić information content (AvgIpc) is 3.12. The number of rotatable bonds is 3. The first kappa shape index (κ1) is 16.8. The van der Waals surface area contributed by atoms with E-state index in [9.17, 15) is 0 Å². The van der Waals surface area contributed by atoms with E-state index < -0.39 is 0 Å². The number of fused-ring (bicyclic) bond motifs is 2. The van der Waals surface area contributed by atoms with E-state index in [-0.39, 0.29) is 0 Å². The van der Waals surface area contributed by atoms with E-state index in [1.54, 1.807) is 0 Å². The van der Waals surface area contributed by atoms with Crippen molar-refractivity contribution in [2.75, 3.05) is 32.0 Å². The van der Waals surface area contributed by atoms with E-state index in [1.165, 1.54) is 59.2 Å². The highest BCUT2D eigenvalue weighted by atomic mass is 15.1. The Kier molecular flexibility index (Phi) is 4.38. The number of nitrogens with one attached hydrogen (secondary N) is 3. The summed E-state index contributed by atoms with van der Waals surface area (Å²) < 4.78 is 0. The Morgan fingerprint density at radius 3 is 2.70 bits per heavy atom. The lowest BCUT2D eigenvalue weighted by Gasteiger charge is -2.28. The zero-order valence-corrected chi connectivity index (χ0v) is 16.0. The van der Waals surface area contributed by atoms with Crippen LogP contribution in [0.4, 0.5) is 11.4 Å². The van der Waals surface area contributed by atoms with Crippen molar-refractivity contribution >= 4 is 22.3 Å². The van der Waals surface area contributed by atoms with E-state index in [1.807, 2.05) is 0 Å². The number of H-pyrrole nitrogens is 1. The quantitative estimate of drug-likeness (QED) is 0.650. The Bertz CT molecular complexity index is 950. The molecule has 3 heterocycles. The zero-order valence-electron chi connectivity index (χ0n) is 16.0. The molecule has 1 saturated heterocycles. The second-order valence-electron chi connectivity index (χ2n) is 8.12.